The van der Waals surface area contributed by atoms with Gasteiger partial charge >= 0.3 is 0 Å². The van der Waals surface area contributed by atoms with E-state index in [2.05, 4.69) is 10.1 Å². The Morgan fingerprint density at radius 1 is 1.41 bits per heavy atom. The first-order chi connectivity index (χ1) is 10.7. The summed E-state index contributed by atoms with van der Waals surface area (Å²) in [5.74, 6) is 1.80. The maximum atomic E-state index is 12.1. The number of nitrogens with zero attached hydrogens (tertiary/aromatic N) is 3. The van der Waals surface area contributed by atoms with Crippen molar-refractivity contribution in [2.24, 2.45) is 0 Å². The van der Waals surface area contributed by atoms with Gasteiger partial charge in [-0.3, -0.25) is 4.79 Å². The molecule has 0 saturated heterocycles. The predicted molar refractivity (Wildman–Crippen MR) is 81.1 cm³/mol. The van der Waals surface area contributed by atoms with E-state index < -0.39 is 0 Å². The number of aryl methyl sites for hydroxylation is 1. The second-order valence-corrected chi connectivity index (χ2v) is 5.63. The molecule has 0 aliphatic carbocycles. The summed E-state index contributed by atoms with van der Waals surface area (Å²) in [6.07, 6.45) is 2.35. The summed E-state index contributed by atoms with van der Waals surface area (Å²) in [7, 11) is 1.75. The average Bonchev–Trinajstić information content (AvgIpc) is 3.25. The third-order valence-corrected chi connectivity index (χ3v) is 3.88. The number of hydrogen-bond donors (Lipinski definition) is 0. The van der Waals surface area contributed by atoms with E-state index in [4.69, 9.17) is 8.94 Å². The Morgan fingerprint density at radius 2 is 2.32 bits per heavy atom. The Hall–Kier alpha value is -2.41. The van der Waals surface area contributed by atoms with Crippen LogP contribution in [-0.4, -0.2) is 28.0 Å². The number of furan rings is 1. The summed E-state index contributed by atoms with van der Waals surface area (Å²) in [6, 6.07) is 5.58. The number of aromatic nitrogens is 2. The molecule has 0 bridgehead atoms. The number of rotatable bonds is 6. The monoisotopic (exact) mass is 317 g/mol. The summed E-state index contributed by atoms with van der Waals surface area (Å²) >= 11 is 1.58. The standard InChI is InChI=1S/C15H15N3O3S/c1-18(9-12-3-2-7-20-12)14(19)5-4-13-16-15(17-21-13)11-6-8-22-10-11/h2-3,6-8,10H,4-5,9H2,1H3. The first-order valence-electron chi connectivity index (χ1n) is 6.84. The fourth-order valence-electron chi connectivity index (χ4n) is 1.99. The van der Waals surface area contributed by atoms with Crippen LogP contribution in [0.1, 0.15) is 18.1 Å². The molecule has 0 N–H and O–H groups in total. The lowest BCUT2D eigenvalue weighted by atomic mass is 10.2. The summed E-state index contributed by atoms with van der Waals surface area (Å²) in [6.45, 7) is 0.454. The Kier molecular flexibility index (Phi) is 4.34. The Balaban J connectivity index is 1.52. The average molecular weight is 317 g/mol. The fraction of sp³-hybridized carbons (Fsp3) is 0.267. The van der Waals surface area contributed by atoms with Gasteiger partial charge in [-0.2, -0.15) is 16.3 Å². The number of hydrogen-bond acceptors (Lipinski definition) is 6. The maximum Gasteiger partial charge on any atom is 0.227 e. The molecule has 0 saturated carbocycles. The van der Waals surface area contributed by atoms with Crippen LogP contribution < -0.4 is 0 Å². The Morgan fingerprint density at radius 3 is 3.05 bits per heavy atom. The van der Waals surface area contributed by atoms with Gasteiger partial charge in [-0.1, -0.05) is 5.16 Å². The normalized spacial score (nSPS) is 10.8. The molecule has 3 heterocycles. The highest BCUT2D eigenvalue weighted by molar-refractivity contribution is 7.08. The third kappa shape index (κ3) is 3.43. The van der Waals surface area contributed by atoms with Crippen molar-refractivity contribution in [3.63, 3.8) is 0 Å². The second-order valence-electron chi connectivity index (χ2n) is 4.85. The highest BCUT2D eigenvalue weighted by Gasteiger charge is 2.14. The van der Waals surface area contributed by atoms with E-state index in [0.29, 0.717) is 31.1 Å². The smallest absolute Gasteiger partial charge is 0.227 e. The van der Waals surface area contributed by atoms with Crippen molar-refractivity contribution in [2.75, 3.05) is 7.05 Å². The van der Waals surface area contributed by atoms with Gasteiger partial charge < -0.3 is 13.8 Å². The number of carbonyl (C=O) groups is 1. The van der Waals surface area contributed by atoms with Crippen LogP contribution in [-0.2, 0) is 17.8 Å². The van der Waals surface area contributed by atoms with Crippen molar-refractivity contribution >= 4 is 17.2 Å². The van der Waals surface area contributed by atoms with Crippen LogP contribution in [0, 0.1) is 0 Å². The van der Waals surface area contributed by atoms with Crippen LogP contribution in [0.5, 0.6) is 0 Å². The third-order valence-electron chi connectivity index (χ3n) is 3.20. The van der Waals surface area contributed by atoms with E-state index in [1.807, 2.05) is 22.9 Å². The van der Waals surface area contributed by atoms with Crippen molar-refractivity contribution in [1.29, 1.82) is 0 Å². The van der Waals surface area contributed by atoms with Gasteiger partial charge in [0.25, 0.3) is 0 Å². The highest BCUT2D eigenvalue weighted by Crippen LogP contribution is 2.19. The molecule has 7 heteroatoms. The van der Waals surface area contributed by atoms with Crippen LogP contribution >= 0.6 is 11.3 Å². The van der Waals surface area contributed by atoms with Gasteiger partial charge in [0.15, 0.2) is 0 Å². The van der Waals surface area contributed by atoms with Crippen molar-refractivity contribution in [3.8, 4) is 11.4 Å². The molecule has 0 spiro atoms. The van der Waals surface area contributed by atoms with Crippen molar-refractivity contribution in [2.45, 2.75) is 19.4 Å². The molecule has 0 aliphatic rings. The molecule has 0 unspecified atom stereocenters. The fourth-order valence-corrected chi connectivity index (χ4v) is 2.63. The summed E-state index contributed by atoms with van der Waals surface area (Å²) < 4.78 is 10.4. The SMILES string of the molecule is CN(Cc1ccco1)C(=O)CCc1nc(-c2ccsc2)no1. The zero-order valence-electron chi connectivity index (χ0n) is 12.1. The van der Waals surface area contributed by atoms with E-state index >= 15 is 0 Å². The van der Waals surface area contributed by atoms with Crippen LogP contribution in [0.3, 0.4) is 0 Å². The van der Waals surface area contributed by atoms with Crippen LogP contribution in [0.4, 0.5) is 0 Å². The quantitative estimate of drug-likeness (QED) is 0.699. The molecule has 1 amide bonds. The molecule has 114 valence electrons. The van der Waals surface area contributed by atoms with E-state index in [0.717, 1.165) is 11.3 Å². The van der Waals surface area contributed by atoms with Crippen molar-refractivity contribution in [3.05, 3.63) is 46.9 Å². The second kappa shape index (κ2) is 6.57. The maximum absolute atomic E-state index is 12.1. The van der Waals surface area contributed by atoms with Gasteiger partial charge in [0.05, 0.1) is 12.8 Å². The molecule has 0 aliphatic heterocycles. The zero-order chi connectivity index (χ0) is 15.4. The molecule has 0 atom stereocenters. The Labute approximate surface area is 131 Å². The molecular weight excluding hydrogens is 302 g/mol. The summed E-state index contributed by atoms with van der Waals surface area (Å²) in [4.78, 5) is 18.0. The van der Waals surface area contributed by atoms with Gasteiger partial charge in [-0.25, -0.2) is 0 Å². The van der Waals surface area contributed by atoms with Crippen molar-refractivity contribution in [1.82, 2.24) is 15.0 Å². The molecule has 0 fully saturated rings. The lowest BCUT2D eigenvalue weighted by molar-refractivity contribution is -0.130. The minimum absolute atomic E-state index is 0.00619. The van der Waals surface area contributed by atoms with Gasteiger partial charge in [0.1, 0.15) is 5.76 Å². The van der Waals surface area contributed by atoms with Crippen LogP contribution in [0.15, 0.2) is 44.2 Å². The van der Waals surface area contributed by atoms with E-state index in [9.17, 15) is 4.79 Å². The summed E-state index contributed by atoms with van der Waals surface area (Å²) in [5, 5.41) is 7.84. The molecular formula is C15H15N3O3S. The molecule has 0 aromatic carbocycles. The minimum Gasteiger partial charge on any atom is -0.467 e. The topological polar surface area (TPSA) is 72.4 Å². The van der Waals surface area contributed by atoms with Gasteiger partial charge in [-0.15, -0.1) is 0 Å². The first-order valence-corrected chi connectivity index (χ1v) is 7.78. The Bertz CT molecular complexity index is 719. The van der Waals surface area contributed by atoms with Crippen molar-refractivity contribution < 1.29 is 13.7 Å². The molecule has 22 heavy (non-hydrogen) atoms. The minimum atomic E-state index is 0.00619. The van der Waals surface area contributed by atoms with E-state index in [1.54, 1.807) is 35.6 Å². The lowest BCUT2D eigenvalue weighted by Gasteiger charge is -2.14. The van der Waals surface area contributed by atoms with Crippen LogP contribution in [0.25, 0.3) is 11.4 Å². The van der Waals surface area contributed by atoms with Gasteiger partial charge in [0, 0.05) is 30.8 Å². The largest absolute Gasteiger partial charge is 0.467 e. The summed E-state index contributed by atoms with van der Waals surface area (Å²) in [5.41, 5.74) is 0.932. The predicted octanol–water partition coefficient (Wildman–Crippen LogP) is 2.98. The van der Waals surface area contributed by atoms with E-state index in [1.165, 1.54) is 0 Å². The number of thiophene rings is 1. The number of amides is 1. The molecule has 3 aromatic heterocycles. The van der Waals surface area contributed by atoms with Gasteiger partial charge in [-0.05, 0) is 23.6 Å². The van der Waals surface area contributed by atoms with Gasteiger partial charge in [0.2, 0.25) is 17.6 Å². The van der Waals surface area contributed by atoms with Crippen LogP contribution in [0.2, 0.25) is 0 Å². The number of carbonyl (C=O) groups excluding carboxylic acids is 1. The molecule has 0 radical (unpaired) electrons. The molecule has 3 rings (SSSR count). The molecule has 3 aromatic rings. The van der Waals surface area contributed by atoms with E-state index in [-0.39, 0.29) is 5.91 Å². The highest BCUT2D eigenvalue weighted by atomic mass is 32.1. The molecule has 6 nitrogen and oxygen atoms in total. The zero-order valence-corrected chi connectivity index (χ0v) is 12.9. The lowest BCUT2D eigenvalue weighted by Crippen LogP contribution is -2.26. The first kappa shape index (κ1) is 14.5.